The van der Waals surface area contributed by atoms with Gasteiger partial charge in [-0.2, -0.15) is 0 Å². The van der Waals surface area contributed by atoms with Gasteiger partial charge >= 0.3 is 0 Å². The fourth-order valence-corrected chi connectivity index (χ4v) is 3.63. The molecule has 4 heterocycles. The van der Waals surface area contributed by atoms with Crippen LogP contribution in [0.4, 0.5) is 0 Å². The van der Waals surface area contributed by atoms with Crippen molar-refractivity contribution in [3.63, 3.8) is 0 Å². The summed E-state index contributed by atoms with van der Waals surface area (Å²) >= 11 is 0. The Morgan fingerprint density at radius 3 is 3.19 bits per heavy atom. The average Bonchev–Trinajstić information content (AvgIpc) is 2.99. The number of rotatable bonds is 2. The molecule has 1 amide bonds. The number of aromatic nitrogens is 1. The number of amides is 1. The molecule has 2 aromatic rings. The van der Waals surface area contributed by atoms with E-state index in [1.165, 1.54) is 19.5 Å². The fraction of sp³-hybridized carbons (Fsp3) is 0.500. The Bertz CT molecular complexity index is 682. The zero-order valence-corrected chi connectivity index (χ0v) is 12.1. The van der Waals surface area contributed by atoms with Gasteiger partial charge in [-0.05, 0) is 44.4 Å². The topological polar surface area (TPSA) is 58.4 Å². The number of furan rings is 1. The van der Waals surface area contributed by atoms with Gasteiger partial charge in [0.1, 0.15) is 11.5 Å². The van der Waals surface area contributed by atoms with Crippen molar-refractivity contribution in [2.24, 2.45) is 5.92 Å². The molecule has 2 fully saturated rings. The highest BCUT2D eigenvalue weighted by Gasteiger charge is 2.33. The lowest BCUT2D eigenvalue weighted by Gasteiger charge is -2.30. The van der Waals surface area contributed by atoms with Crippen LogP contribution in [0.25, 0.3) is 11.0 Å². The number of aryl methyl sites for hydroxylation is 1. The Kier molecular flexibility index (Phi) is 2.96. The van der Waals surface area contributed by atoms with Gasteiger partial charge in [0.25, 0.3) is 5.91 Å². The van der Waals surface area contributed by atoms with E-state index in [1.54, 1.807) is 12.3 Å². The zero-order chi connectivity index (χ0) is 14.4. The lowest BCUT2D eigenvalue weighted by atomic mass is 9.97. The van der Waals surface area contributed by atoms with Crippen LogP contribution in [-0.2, 0) is 0 Å². The first-order valence-electron chi connectivity index (χ1n) is 7.57. The number of pyridine rings is 1. The summed E-state index contributed by atoms with van der Waals surface area (Å²) in [4.78, 5) is 19.0. The van der Waals surface area contributed by atoms with Crippen LogP contribution in [0, 0.1) is 12.8 Å². The third-order valence-corrected chi connectivity index (χ3v) is 4.56. The molecular weight excluding hydrogens is 266 g/mol. The van der Waals surface area contributed by atoms with E-state index in [2.05, 4.69) is 15.2 Å². The SMILES string of the molecule is Cc1cc2cc(C(=O)N[C@@H]3C[C@H]4CCN(C4)C3)ncc2o1. The molecule has 0 radical (unpaired) electrons. The van der Waals surface area contributed by atoms with Crippen LogP contribution < -0.4 is 5.32 Å². The Labute approximate surface area is 123 Å². The van der Waals surface area contributed by atoms with Gasteiger partial charge < -0.3 is 14.6 Å². The first-order chi connectivity index (χ1) is 10.2. The molecule has 0 aromatic carbocycles. The Hall–Kier alpha value is -1.88. The minimum atomic E-state index is -0.0803. The van der Waals surface area contributed by atoms with E-state index in [0.29, 0.717) is 5.69 Å². The lowest BCUT2D eigenvalue weighted by Crippen LogP contribution is -2.47. The fourth-order valence-electron chi connectivity index (χ4n) is 3.63. The van der Waals surface area contributed by atoms with E-state index >= 15 is 0 Å². The van der Waals surface area contributed by atoms with Crippen molar-refractivity contribution in [1.29, 1.82) is 0 Å². The predicted molar refractivity (Wildman–Crippen MR) is 79.2 cm³/mol. The number of hydrogen-bond donors (Lipinski definition) is 1. The molecule has 5 nitrogen and oxygen atoms in total. The number of fused-ring (bicyclic) bond motifs is 3. The zero-order valence-electron chi connectivity index (χ0n) is 12.1. The Morgan fingerprint density at radius 1 is 1.43 bits per heavy atom. The van der Waals surface area contributed by atoms with Gasteiger partial charge in [-0.15, -0.1) is 0 Å². The molecule has 1 unspecified atom stereocenters. The molecular formula is C16H19N3O2. The second kappa shape index (κ2) is 4.84. The van der Waals surface area contributed by atoms with E-state index in [0.717, 1.165) is 35.6 Å². The molecule has 110 valence electrons. The van der Waals surface area contributed by atoms with E-state index in [-0.39, 0.29) is 11.9 Å². The summed E-state index contributed by atoms with van der Waals surface area (Å²) < 4.78 is 5.49. The molecule has 2 aliphatic rings. The molecule has 2 bridgehead atoms. The molecule has 5 heteroatoms. The summed E-state index contributed by atoms with van der Waals surface area (Å²) in [6, 6.07) is 3.99. The first kappa shape index (κ1) is 12.8. The third kappa shape index (κ3) is 2.42. The van der Waals surface area contributed by atoms with E-state index < -0.39 is 0 Å². The van der Waals surface area contributed by atoms with Gasteiger partial charge in [-0.3, -0.25) is 4.79 Å². The number of piperidine rings is 1. The third-order valence-electron chi connectivity index (χ3n) is 4.56. The molecule has 0 spiro atoms. The van der Waals surface area contributed by atoms with Gasteiger partial charge in [-0.1, -0.05) is 0 Å². The largest absolute Gasteiger partial charge is 0.460 e. The van der Waals surface area contributed by atoms with Crippen molar-refractivity contribution in [1.82, 2.24) is 15.2 Å². The second-order valence-corrected chi connectivity index (χ2v) is 6.28. The molecule has 1 N–H and O–H groups in total. The molecule has 2 aromatic heterocycles. The molecule has 0 aliphatic carbocycles. The van der Waals surface area contributed by atoms with Crippen LogP contribution in [0.5, 0.6) is 0 Å². The highest BCUT2D eigenvalue weighted by molar-refractivity contribution is 5.95. The maximum atomic E-state index is 12.4. The number of nitrogens with one attached hydrogen (secondary N) is 1. The van der Waals surface area contributed by atoms with Crippen molar-refractivity contribution in [2.75, 3.05) is 19.6 Å². The highest BCUT2D eigenvalue weighted by Crippen LogP contribution is 2.27. The maximum absolute atomic E-state index is 12.4. The minimum Gasteiger partial charge on any atom is -0.460 e. The van der Waals surface area contributed by atoms with Crippen molar-refractivity contribution < 1.29 is 9.21 Å². The summed E-state index contributed by atoms with van der Waals surface area (Å²) in [5.74, 6) is 1.50. The Balaban J connectivity index is 1.50. The summed E-state index contributed by atoms with van der Waals surface area (Å²) in [6.45, 7) is 5.24. The molecule has 21 heavy (non-hydrogen) atoms. The van der Waals surface area contributed by atoms with Crippen LogP contribution in [0.15, 0.2) is 22.7 Å². The average molecular weight is 285 g/mol. The number of carbonyl (C=O) groups is 1. The first-order valence-corrected chi connectivity index (χ1v) is 7.57. The van der Waals surface area contributed by atoms with E-state index in [1.807, 2.05) is 13.0 Å². The van der Waals surface area contributed by atoms with Crippen LogP contribution >= 0.6 is 0 Å². The van der Waals surface area contributed by atoms with Crippen LogP contribution in [-0.4, -0.2) is 41.5 Å². The maximum Gasteiger partial charge on any atom is 0.270 e. The quantitative estimate of drug-likeness (QED) is 0.916. The molecule has 0 saturated carbocycles. The number of hydrogen-bond acceptors (Lipinski definition) is 4. The monoisotopic (exact) mass is 285 g/mol. The molecule has 2 saturated heterocycles. The van der Waals surface area contributed by atoms with Crippen LogP contribution in [0.2, 0.25) is 0 Å². The van der Waals surface area contributed by atoms with Gasteiger partial charge in [0.05, 0.1) is 6.20 Å². The molecule has 2 aliphatic heterocycles. The van der Waals surface area contributed by atoms with Crippen LogP contribution in [0.1, 0.15) is 29.1 Å². The van der Waals surface area contributed by atoms with E-state index in [4.69, 9.17) is 4.42 Å². The van der Waals surface area contributed by atoms with Gasteiger partial charge in [-0.25, -0.2) is 4.98 Å². The van der Waals surface area contributed by atoms with Crippen LogP contribution in [0.3, 0.4) is 0 Å². The van der Waals surface area contributed by atoms with Crippen molar-refractivity contribution >= 4 is 16.9 Å². The summed E-state index contributed by atoms with van der Waals surface area (Å²) in [7, 11) is 0. The van der Waals surface area contributed by atoms with Crippen molar-refractivity contribution in [2.45, 2.75) is 25.8 Å². The summed E-state index contributed by atoms with van der Waals surface area (Å²) in [5, 5.41) is 4.06. The molecule has 3 atom stereocenters. The summed E-state index contributed by atoms with van der Waals surface area (Å²) in [6.07, 6.45) is 3.99. The highest BCUT2D eigenvalue weighted by atomic mass is 16.3. The van der Waals surface area contributed by atoms with Crippen molar-refractivity contribution in [3.8, 4) is 0 Å². The Morgan fingerprint density at radius 2 is 2.33 bits per heavy atom. The smallest absolute Gasteiger partial charge is 0.270 e. The number of carbonyl (C=O) groups excluding carboxylic acids is 1. The van der Waals surface area contributed by atoms with Gasteiger partial charge in [0, 0.05) is 24.5 Å². The van der Waals surface area contributed by atoms with E-state index in [9.17, 15) is 4.79 Å². The minimum absolute atomic E-state index is 0.0803. The standard InChI is InChI=1S/C16H19N3O2/c1-10-4-12-6-14(17-7-15(12)21-10)16(20)18-13-5-11-2-3-19(8-11)9-13/h4,6-7,11,13H,2-3,5,8-9H2,1H3,(H,18,20)/t11-,13-/m1/s1. The normalized spacial score (nSPS) is 28.0. The number of nitrogens with zero attached hydrogens (tertiary/aromatic N) is 2. The van der Waals surface area contributed by atoms with Crippen molar-refractivity contribution in [3.05, 3.63) is 29.8 Å². The summed E-state index contributed by atoms with van der Waals surface area (Å²) in [5.41, 5.74) is 1.20. The predicted octanol–water partition coefficient (Wildman–Crippen LogP) is 1.96. The lowest BCUT2D eigenvalue weighted by molar-refractivity contribution is 0.0904. The van der Waals surface area contributed by atoms with Gasteiger partial charge in [0.2, 0.25) is 0 Å². The van der Waals surface area contributed by atoms with Gasteiger partial charge in [0.15, 0.2) is 5.58 Å². The molecule has 4 rings (SSSR count). The second-order valence-electron chi connectivity index (χ2n) is 6.28.